The van der Waals surface area contributed by atoms with Crippen LogP contribution in [0.2, 0.25) is 0 Å². The van der Waals surface area contributed by atoms with E-state index in [0.29, 0.717) is 5.41 Å². The molecule has 3 heteroatoms. The van der Waals surface area contributed by atoms with Crippen LogP contribution in [0.1, 0.15) is 19.3 Å². The molecule has 0 aromatic heterocycles. The molecule has 1 N–H and O–H groups in total. The van der Waals surface area contributed by atoms with Gasteiger partial charge in [0, 0.05) is 6.54 Å². The van der Waals surface area contributed by atoms with Gasteiger partial charge in [-0.1, -0.05) is 0 Å². The van der Waals surface area contributed by atoms with Crippen molar-refractivity contribution in [2.24, 2.45) is 5.41 Å². The normalized spacial score (nSPS) is 34.5. The minimum Gasteiger partial charge on any atom is -0.480 e. The Morgan fingerprint density at radius 3 is 2.55 bits per heavy atom. The summed E-state index contributed by atoms with van der Waals surface area (Å²) < 4.78 is 0. The second-order valence-corrected chi connectivity index (χ2v) is 3.97. The second-order valence-electron chi connectivity index (χ2n) is 3.97. The molecule has 0 radical (unpaired) electrons. The molecule has 2 aliphatic rings. The monoisotopic (exact) mass is 155 g/mol. The van der Waals surface area contributed by atoms with E-state index in [0.717, 1.165) is 13.0 Å². The lowest BCUT2D eigenvalue weighted by atomic mass is 10.0. The van der Waals surface area contributed by atoms with Crippen LogP contribution in [0.4, 0.5) is 0 Å². The molecule has 11 heavy (non-hydrogen) atoms. The number of hydrogen-bond donors (Lipinski definition) is 1. The van der Waals surface area contributed by atoms with Crippen LogP contribution in [0.5, 0.6) is 0 Å². The number of carbonyl (C=O) groups is 1. The average molecular weight is 155 g/mol. The van der Waals surface area contributed by atoms with E-state index in [1.165, 1.54) is 12.8 Å². The first-order valence-corrected chi connectivity index (χ1v) is 4.06. The molecule has 1 saturated heterocycles. The summed E-state index contributed by atoms with van der Waals surface area (Å²) in [6.07, 6.45) is 3.35. The first-order chi connectivity index (χ1) is 5.13. The number of aliphatic carboxylic acids is 1. The summed E-state index contributed by atoms with van der Waals surface area (Å²) in [4.78, 5) is 12.7. The molecule has 62 valence electrons. The third-order valence-corrected chi connectivity index (χ3v) is 2.99. The van der Waals surface area contributed by atoms with Crippen molar-refractivity contribution in [1.82, 2.24) is 4.90 Å². The lowest BCUT2D eigenvalue weighted by Crippen LogP contribution is -2.32. The molecule has 1 aliphatic heterocycles. The van der Waals surface area contributed by atoms with Crippen molar-refractivity contribution < 1.29 is 9.90 Å². The fourth-order valence-electron chi connectivity index (χ4n) is 2.08. The minimum atomic E-state index is -0.656. The van der Waals surface area contributed by atoms with Gasteiger partial charge in [-0.05, 0) is 31.7 Å². The molecule has 1 aliphatic carbocycles. The fourth-order valence-corrected chi connectivity index (χ4v) is 2.08. The van der Waals surface area contributed by atoms with Gasteiger partial charge in [0.2, 0.25) is 0 Å². The predicted molar refractivity (Wildman–Crippen MR) is 40.3 cm³/mol. The van der Waals surface area contributed by atoms with E-state index in [9.17, 15) is 4.79 Å². The summed E-state index contributed by atoms with van der Waals surface area (Å²) >= 11 is 0. The molecule has 0 amide bonds. The summed E-state index contributed by atoms with van der Waals surface area (Å²) in [5, 5.41) is 8.80. The highest BCUT2D eigenvalue weighted by Crippen LogP contribution is 2.54. The molecule has 1 spiro atoms. The molecule has 0 aromatic carbocycles. The first-order valence-electron chi connectivity index (χ1n) is 4.06. The molecule has 2 rings (SSSR count). The zero-order chi connectivity index (χ0) is 8.06. The topological polar surface area (TPSA) is 40.5 Å². The van der Waals surface area contributed by atoms with Gasteiger partial charge in [0.1, 0.15) is 6.04 Å². The zero-order valence-corrected chi connectivity index (χ0v) is 6.71. The van der Waals surface area contributed by atoms with Gasteiger partial charge in [0.25, 0.3) is 0 Å². The second kappa shape index (κ2) is 1.97. The van der Waals surface area contributed by atoms with Crippen LogP contribution in [0.15, 0.2) is 0 Å². The number of hydrogen-bond acceptors (Lipinski definition) is 2. The van der Waals surface area contributed by atoms with Gasteiger partial charge in [0.15, 0.2) is 0 Å². The smallest absolute Gasteiger partial charge is 0.320 e. The summed E-state index contributed by atoms with van der Waals surface area (Å²) in [5.74, 6) is -0.656. The number of nitrogens with zero attached hydrogens (tertiary/aromatic N) is 1. The van der Waals surface area contributed by atoms with E-state index in [1.54, 1.807) is 0 Å². The van der Waals surface area contributed by atoms with E-state index >= 15 is 0 Å². The third-order valence-electron chi connectivity index (χ3n) is 2.99. The van der Waals surface area contributed by atoms with Gasteiger partial charge < -0.3 is 5.11 Å². The summed E-state index contributed by atoms with van der Waals surface area (Å²) in [6, 6.07) is -0.211. The molecular formula is C8H13NO2. The maximum atomic E-state index is 10.7. The lowest BCUT2D eigenvalue weighted by molar-refractivity contribution is -0.141. The molecule has 3 nitrogen and oxygen atoms in total. The molecule has 0 aromatic rings. The first kappa shape index (κ1) is 7.10. The molecule has 1 saturated carbocycles. The maximum Gasteiger partial charge on any atom is 0.320 e. The van der Waals surface area contributed by atoms with Crippen LogP contribution >= 0.6 is 0 Å². The van der Waals surface area contributed by atoms with Crippen molar-refractivity contribution in [3.63, 3.8) is 0 Å². The molecular weight excluding hydrogens is 142 g/mol. The van der Waals surface area contributed by atoms with Gasteiger partial charge in [-0.25, -0.2) is 0 Å². The van der Waals surface area contributed by atoms with Gasteiger partial charge >= 0.3 is 5.97 Å². The molecule has 2 fully saturated rings. The number of likely N-dealkylation sites (tertiary alicyclic amines) is 1. The Hall–Kier alpha value is -0.570. The van der Waals surface area contributed by atoms with Crippen molar-refractivity contribution in [3.05, 3.63) is 0 Å². The predicted octanol–water partition coefficient (Wildman–Crippen LogP) is 0.555. The van der Waals surface area contributed by atoms with Crippen molar-refractivity contribution >= 4 is 5.97 Å². The van der Waals surface area contributed by atoms with Crippen LogP contribution < -0.4 is 0 Å². The SMILES string of the molecule is CN1CC2(CC2)C[C@@H]1C(=O)O. The standard InChI is InChI=1S/C8H13NO2/c1-9-5-8(2-3-8)4-6(9)7(10)11/h6H,2-5H2,1H3,(H,10,11)/t6-/m1/s1. The molecule has 1 atom stereocenters. The van der Waals surface area contributed by atoms with Crippen molar-refractivity contribution in [2.75, 3.05) is 13.6 Å². The Balaban J connectivity index is 2.08. The Kier molecular flexibility index (Phi) is 1.27. The summed E-state index contributed by atoms with van der Waals surface area (Å²) in [6.45, 7) is 0.990. The maximum absolute atomic E-state index is 10.7. The van der Waals surface area contributed by atoms with Crippen LogP contribution in [0.3, 0.4) is 0 Å². The Morgan fingerprint density at radius 2 is 2.27 bits per heavy atom. The molecule has 0 bridgehead atoms. The fraction of sp³-hybridized carbons (Fsp3) is 0.875. The lowest BCUT2D eigenvalue weighted by Gasteiger charge is -2.13. The van der Waals surface area contributed by atoms with E-state index in [1.807, 2.05) is 11.9 Å². The highest BCUT2D eigenvalue weighted by molar-refractivity contribution is 5.74. The highest BCUT2D eigenvalue weighted by Gasteiger charge is 2.52. The van der Waals surface area contributed by atoms with Crippen molar-refractivity contribution in [2.45, 2.75) is 25.3 Å². The highest BCUT2D eigenvalue weighted by atomic mass is 16.4. The van der Waals surface area contributed by atoms with Crippen LogP contribution in [0.25, 0.3) is 0 Å². The van der Waals surface area contributed by atoms with E-state index in [2.05, 4.69) is 0 Å². The Bertz CT molecular complexity index is 198. The Labute approximate surface area is 66.0 Å². The molecule has 1 heterocycles. The average Bonchev–Trinajstić information content (AvgIpc) is 2.54. The summed E-state index contributed by atoms with van der Waals surface area (Å²) in [5.41, 5.74) is 0.414. The third kappa shape index (κ3) is 1.03. The van der Waals surface area contributed by atoms with Crippen LogP contribution in [-0.4, -0.2) is 35.6 Å². The quantitative estimate of drug-likeness (QED) is 0.601. The van der Waals surface area contributed by atoms with E-state index in [-0.39, 0.29) is 6.04 Å². The summed E-state index contributed by atoms with van der Waals surface area (Å²) in [7, 11) is 1.91. The minimum absolute atomic E-state index is 0.211. The Morgan fingerprint density at radius 1 is 1.64 bits per heavy atom. The zero-order valence-electron chi connectivity index (χ0n) is 6.71. The number of rotatable bonds is 1. The molecule has 0 unspecified atom stereocenters. The van der Waals surface area contributed by atoms with Gasteiger partial charge in [0.05, 0.1) is 0 Å². The van der Waals surface area contributed by atoms with Crippen molar-refractivity contribution in [1.29, 1.82) is 0 Å². The van der Waals surface area contributed by atoms with Crippen LogP contribution in [-0.2, 0) is 4.79 Å². The largest absolute Gasteiger partial charge is 0.480 e. The van der Waals surface area contributed by atoms with Gasteiger partial charge in [-0.2, -0.15) is 0 Å². The van der Waals surface area contributed by atoms with E-state index < -0.39 is 5.97 Å². The number of carboxylic acids is 1. The van der Waals surface area contributed by atoms with Crippen LogP contribution in [0, 0.1) is 5.41 Å². The van der Waals surface area contributed by atoms with Gasteiger partial charge in [-0.3, -0.25) is 9.69 Å². The number of carboxylic acid groups (broad SMARTS) is 1. The number of likely N-dealkylation sites (N-methyl/N-ethyl adjacent to an activating group) is 1. The van der Waals surface area contributed by atoms with E-state index in [4.69, 9.17) is 5.11 Å². The van der Waals surface area contributed by atoms with Gasteiger partial charge in [-0.15, -0.1) is 0 Å². The van der Waals surface area contributed by atoms with Crippen molar-refractivity contribution in [3.8, 4) is 0 Å².